The lowest BCUT2D eigenvalue weighted by Crippen LogP contribution is -2.31. The Hall–Kier alpha value is -3.99. The molecule has 2 N–H and O–H groups in total. The van der Waals surface area contributed by atoms with Crippen molar-refractivity contribution in [3.05, 3.63) is 107 Å². The topological polar surface area (TPSA) is 66.9 Å². The summed E-state index contributed by atoms with van der Waals surface area (Å²) < 4.78 is 0. The fourth-order valence-electron chi connectivity index (χ4n) is 4.30. The molecule has 1 aliphatic rings. The zero-order chi connectivity index (χ0) is 22.6. The Morgan fingerprint density at radius 2 is 1.82 bits per heavy atom. The molecule has 164 valence electrons. The van der Waals surface area contributed by atoms with E-state index in [0.29, 0.717) is 17.2 Å². The average Bonchev–Trinajstić information content (AvgIpc) is 2.85. The third-order valence-electron chi connectivity index (χ3n) is 6.04. The number of anilines is 2. The van der Waals surface area contributed by atoms with Gasteiger partial charge < -0.3 is 10.6 Å². The maximum Gasteiger partial charge on any atom is 0.251 e. The van der Waals surface area contributed by atoms with Crippen LogP contribution in [0.4, 0.5) is 11.5 Å². The van der Waals surface area contributed by atoms with E-state index in [1.54, 1.807) is 6.20 Å². The molecule has 4 aromatic rings. The number of aromatic nitrogens is 2. The first-order valence-electron chi connectivity index (χ1n) is 11.3. The number of fused-ring (bicyclic) bond motifs is 1. The van der Waals surface area contributed by atoms with E-state index in [0.717, 1.165) is 30.5 Å². The van der Waals surface area contributed by atoms with Crippen molar-refractivity contribution in [3.63, 3.8) is 0 Å². The van der Waals surface area contributed by atoms with Crippen molar-refractivity contribution in [1.29, 1.82) is 0 Å². The highest BCUT2D eigenvalue weighted by Crippen LogP contribution is 2.30. The fourth-order valence-corrected chi connectivity index (χ4v) is 4.30. The Kier molecular flexibility index (Phi) is 5.85. The number of nitrogens with one attached hydrogen (secondary N) is 2. The summed E-state index contributed by atoms with van der Waals surface area (Å²) in [5, 5.41) is 6.53. The lowest BCUT2D eigenvalue weighted by molar-refractivity contribution is 0.0933. The van der Waals surface area contributed by atoms with E-state index in [-0.39, 0.29) is 11.9 Å². The summed E-state index contributed by atoms with van der Waals surface area (Å²) in [5.41, 5.74) is 6.15. The third kappa shape index (κ3) is 4.77. The van der Waals surface area contributed by atoms with Crippen molar-refractivity contribution in [3.8, 4) is 11.4 Å². The first-order chi connectivity index (χ1) is 16.2. The molecule has 1 atom stereocenters. The van der Waals surface area contributed by atoms with Gasteiger partial charge in [0.2, 0.25) is 0 Å². The maximum atomic E-state index is 13.0. The van der Waals surface area contributed by atoms with Crippen LogP contribution in [-0.4, -0.2) is 15.9 Å². The molecule has 1 aliphatic carbocycles. The highest BCUT2D eigenvalue weighted by molar-refractivity contribution is 5.95. The molecule has 1 heterocycles. The molecule has 33 heavy (non-hydrogen) atoms. The van der Waals surface area contributed by atoms with Gasteiger partial charge >= 0.3 is 0 Å². The number of hydrogen-bond donors (Lipinski definition) is 2. The van der Waals surface area contributed by atoms with Gasteiger partial charge in [-0.15, -0.1) is 0 Å². The molecular weight excluding hydrogens is 408 g/mol. The van der Waals surface area contributed by atoms with Crippen LogP contribution in [0.2, 0.25) is 0 Å². The SMILES string of the molecule is Cc1ccc(-c2nccc(Nc3cccc(C(=O)N[C@H]4CCCc5ccccc54)c3)n2)cc1. The smallest absolute Gasteiger partial charge is 0.251 e. The van der Waals surface area contributed by atoms with Crippen LogP contribution in [0.25, 0.3) is 11.4 Å². The Bertz CT molecular complexity index is 1280. The van der Waals surface area contributed by atoms with Gasteiger partial charge in [-0.2, -0.15) is 0 Å². The molecule has 0 fully saturated rings. The Morgan fingerprint density at radius 3 is 2.70 bits per heavy atom. The van der Waals surface area contributed by atoms with E-state index in [1.807, 2.05) is 60.7 Å². The normalized spacial score (nSPS) is 14.9. The number of carbonyl (C=O) groups is 1. The van der Waals surface area contributed by atoms with Gasteiger partial charge in [0.15, 0.2) is 5.82 Å². The van der Waals surface area contributed by atoms with Crippen LogP contribution in [0, 0.1) is 6.92 Å². The van der Waals surface area contributed by atoms with Gasteiger partial charge in [-0.1, -0.05) is 60.2 Å². The van der Waals surface area contributed by atoms with Crippen LogP contribution in [0.1, 0.15) is 45.9 Å². The second-order valence-electron chi connectivity index (χ2n) is 8.45. The minimum atomic E-state index is -0.0663. The minimum Gasteiger partial charge on any atom is -0.345 e. The number of hydrogen-bond acceptors (Lipinski definition) is 4. The summed E-state index contributed by atoms with van der Waals surface area (Å²) in [4.78, 5) is 22.1. The second-order valence-corrected chi connectivity index (χ2v) is 8.45. The van der Waals surface area contributed by atoms with Gasteiger partial charge in [0, 0.05) is 23.0 Å². The molecule has 0 spiro atoms. The summed E-state index contributed by atoms with van der Waals surface area (Å²) in [6.07, 6.45) is 4.86. The quantitative estimate of drug-likeness (QED) is 0.404. The number of nitrogens with zero attached hydrogens (tertiary/aromatic N) is 2. The molecule has 0 bridgehead atoms. The van der Waals surface area contributed by atoms with Gasteiger partial charge in [-0.3, -0.25) is 4.79 Å². The Balaban J connectivity index is 1.31. The van der Waals surface area contributed by atoms with Crippen molar-refractivity contribution in [1.82, 2.24) is 15.3 Å². The molecule has 0 radical (unpaired) electrons. The summed E-state index contributed by atoms with van der Waals surface area (Å²) in [7, 11) is 0. The predicted molar refractivity (Wildman–Crippen MR) is 132 cm³/mol. The molecule has 1 amide bonds. The zero-order valence-corrected chi connectivity index (χ0v) is 18.6. The molecule has 3 aromatic carbocycles. The summed E-state index contributed by atoms with van der Waals surface area (Å²) in [6.45, 7) is 2.05. The van der Waals surface area contributed by atoms with Crippen molar-refractivity contribution in [2.24, 2.45) is 0 Å². The van der Waals surface area contributed by atoms with Crippen LogP contribution in [0.3, 0.4) is 0 Å². The maximum absolute atomic E-state index is 13.0. The van der Waals surface area contributed by atoms with E-state index in [2.05, 4.69) is 45.7 Å². The van der Waals surface area contributed by atoms with Crippen LogP contribution < -0.4 is 10.6 Å². The van der Waals surface area contributed by atoms with E-state index in [1.165, 1.54) is 16.7 Å². The molecule has 0 saturated carbocycles. The monoisotopic (exact) mass is 434 g/mol. The Labute approximate surface area is 193 Å². The van der Waals surface area contributed by atoms with Crippen LogP contribution in [0.5, 0.6) is 0 Å². The van der Waals surface area contributed by atoms with Gasteiger partial charge in [0.25, 0.3) is 5.91 Å². The molecule has 0 unspecified atom stereocenters. The standard InChI is InChI=1S/C28H26N4O/c1-19-12-14-21(15-13-19)27-29-17-16-26(32-27)30-23-9-4-8-22(18-23)28(33)31-25-11-5-7-20-6-2-3-10-24(20)25/h2-4,6,8-10,12-18,25H,5,7,11H2,1H3,(H,31,33)(H,29,30,32)/t25-/m0/s1. The summed E-state index contributed by atoms with van der Waals surface area (Å²) in [5.74, 6) is 1.27. The fraction of sp³-hybridized carbons (Fsp3) is 0.179. The molecule has 5 heteroatoms. The van der Waals surface area contributed by atoms with Gasteiger partial charge in [0.1, 0.15) is 5.82 Å². The number of aryl methyl sites for hydroxylation is 2. The van der Waals surface area contributed by atoms with E-state index in [4.69, 9.17) is 0 Å². The van der Waals surface area contributed by atoms with Gasteiger partial charge in [-0.05, 0) is 61.6 Å². The lowest BCUT2D eigenvalue weighted by Gasteiger charge is -2.26. The summed E-state index contributed by atoms with van der Waals surface area (Å²) >= 11 is 0. The summed E-state index contributed by atoms with van der Waals surface area (Å²) in [6, 6.07) is 25.9. The van der Waals surface area contributed by atoms with Crippen LogP contribution in [-0.2, 0) is 6.42 Å². The lowest BCUT2D eigenvalue weighted by atomic mass is 9.87. The van der Waals surface area contributed by atoms with Gasteiger partial charge in [-0.25, -0.2) is 9.97 Å². The number of carbonyl (C=O) groups excluding carboxylic acids is 1. The first kappa shape index (κ1) is 20.9. The predicted octanol–water partition coefficient (Wildman–Crippen LogP) is 6.00. The highest BCUT2D eigenvalue weighted by atomic mass is 16.1. The van der Waals surface area contributed by atoms with E-state index < -0.39 is 0 Å². The Morgan fingerprint density at radius 1 is 0.970 bits per heavy atom. The zero-order valence-electron chi connectivity index (χ0n) is 18.6. The van der Waals surface area contributed by atoms with E-state index >= 15 is 0 Å². The first-order valence-corrected chi connectivity index (χ1v) is 11.3. The number of amides is 1. The van der Waals surface area contributed by atoms with Crippen LogP contribution in [0.15, 0.2) is 85.1 Å². The van der Waals surface area contributed by atoms with Crippen molar-refractivity contribution in [2.45, 2.75) is 32.2 Å². The van der Waals surface area contributed by atoms with Gasteiger partial charge in [0.05, 0.1) is 6.04 Å². The van der Waals surface area contributed by atoms with E-state index in [9.17, 15) is 4.79 Å². The van der Waals surface area contributed by atoms with Crippen molar-refractivity contribution < 1.29 is 4.79 Å². The van der Waals surface area contributed by atoms with Crippen molar-refractivity contribution in [2.75, 3.05) is 5.32 Å². The molecule has 5 nitrogen and oxygen atoms in total. The largest absolute Gasteiger partial charge is 0.345 e. The number of benzene rings is 3. The van der Waals surface area contributed by atoms with Crippen molar-refractivity contribution >= 4 is 17.4 Å². The average molecular weight is 435 g/mol. The molecule has 0 saturated heterocycles. The molecule has 0 aliphatic heterocycles. The highest BCUT2D eigenvalue weighted by Gasteiger charge is 2.22. The molecular formula is C28H26N4O. The second kappa shape index (κ2) is 9.25. The minimum absolute atomic E-state index is 0.0537. The van der Waals surface area contributed by atoms with Crippen LogP contribution >= 0.6 is 0 Å². The third-order valence-corrected chi connectivity index (χ3v) is 6.04. The molecule has 5 rings (SSSR count). The number of rotatable bonds is 5. The molecule has 1 aromatic heterocycles.